The fourth-order valence-electron chi connectivity index (χ4n) is 2.05. The van der Waals surface area contributed by atoms with Crippen LogP contribution in [0.4, 0.5) is 5.82 Å². The van der Waals surface area contributed by atoms with E-state index in [0.29, 0.717) is 0 Å². The van der Waals surface area contributed by atoms with Crippen molar-refractivity contribution in [2.45, 2.75) is 23.3 Å². The molecule has 22 heavy (non-hydrogen) atoms. The van der Waals surface area contributed by atoms with Crippen molar-refractivity contribution in [2.24, 2.45) is 0 Å². The fraction of sp³-hybridized carbons (Fsp3) is 0.417. The van der Waals surface area contributed by atoms with Crippen LogP contribution in [0.1, 0.15) is 11.8 Å². The van der Waals surface area contributed by atoms with Gasteiger partial charge in [-0.1, -0.05) is 15.9 Å². The molecule has 9 nitrogen and oxygen atoms in total. The van der Waals surface area contributed by atoms with E-state index >= 15 is 0 Å². The second kappa shape index (κ2) is 6.57. The zero-order valence-corrected chi connectivity index (χ0v) is 12.8. The highest BCUT2D eigenvalue weighted by Gasteiger charge is 2.43. The molecule has 1 aliphatic rings. The van der Waals surface area contributed by atoms with Crippen LogP contribution in [-0.2, 0) is 9.53 Å². The van der Waals surface area contributed by atoms with E-state index in [1.807, 2.05) is 0 Å². The molecule has 0 unspecified atom stereocenters. The van der Waals surface area contributed by atoms with Gasteiger partial charge in [-0.25, -0.2) is 9.59 Å². The van der Waals surface area contributed by atoms with Crippen molar-refractivity contribution in [1.29, 1.82) is 0 Å². The van der Waals surface area contributed by atoms with Crippen molar-refractivity contribution in [3.63, 3.8) is 0 Å². The van der Waals surface area contributed by atoms with Gasteiger partial charge in [0.25, 0.3) is 0 Å². The second-order valence-electron chi connectivity index (χ2n) is 4.63. The molecule has 1 aromatic rings. The van der Waals surface area contributed by atoms with Crippen molar-refractivity contribution >= 4 is 33.8 Å². The molecule has 120 valence electrons. The topological polar surface area (TPSA) is 148 Å². The van der Waals surface area contributed by atoms with E-state index in [9.17, 15) is 14.7 Å². The maximum atomic E-state index is 11.9. The first-order valence-electron chi connectivity index (χ1n) is 6.23. The molecule has 1 saturated heterocycles. The fourth-order valence-corrected chi connectivity index (χ4v) is 2.61. The van der Waals surface area contributed by atoms with Gasteiger partial charge in [-0.3, -0.25) is 4.57 Å². The number of nitrogens with zero attached hydrogens (tertiary/aromatic N) is 2. The number of carbonyl (C=O) groups is 1. The first-order valence-corrected chi connectivity index (χ1v) is 7.15. The molecule has 2 rings (SSSR count). The summed E-state index contributed by atoms with van der Waals surface area (Å²) >= 11 is 3.19. The number of carboxylic acid groups (broad SMARTS) is 1. The normalized spacial score (nSPS) is 28.3. The molecule has 0 amide bonds. The molecular weight excluding hydrogens is 362 g/mol. The van der Waals surface area contributed by atoms with Crippen LogP contribution in [0, 0.1) is 0 Å². The summed E-state index contributed by atoms with van der Waals surface area (Å²) < 4.78 is 6.42. The van der Waals surface area contributed by atoms with E-state index in [-0.39, 0.29) is 18.0 Å². The number of aliphatic hydroxyl groups excluding tert-OH is 2. The lowest BCUT2D eigenvalue weighted by molar-refractivity contribution is -0.131. The largest absolute Gasteiger partial charge is 0.478 e. The number of rotatable bonds is 4. The highest BCUT2D eigenvalue weighted by molar-refractivity contribution is 9.09. The van der Waals surface area contributed by atoms with E-state index in [1.165, 1.54) is 12.3 Å². The Morgan fingerprint density at radius 2 is 2.27 bits per heavy atom. The smallest absolute Gasteiger partial charge is 0.351 e. The second-order valence-corrected chi connectivity index (χ2v) is 5.68. The Morgan fingerprint density at radius 1 is 1.59 bits per heavy atom. The summed E-state index contributed by atoms with van der Waals surface area (Å²) in [5.41, 5.74) is 5.00. The summed E-state index contributed by atoms with van der Waals surface area (Å²) in [7, 11) is 0. The highest BCUT2D eigenvalue weighted by atomic mass is 79.9. The summed E-state index contributed by atoms with van der Waals surface area (Å²) in [5, 5.41) is 27.9. The molecule has 0 bridgehead atoms. The minimum absolute atomic E-state index is 0.139. The quantitative estimate of drug-likeness (QED) is 0.384. The number of nitrogens with two attached hydrogens (primary N) is 1. The lowest BCUT2D eigenvalue weighted by Crippen LogP contribution is -2.34. The van der Waals surface area contributed by atoms with Gasteiger partial charge in [-0.2, -0.15) is 4.98 Å². The van der Waals surface area contributed by atoms with E-state index in [0.717, 1.165) is 10.6 Å². The average molecular weight is 376 g/mol. The minimum atomic E-state index is -1.19. The molecule has 0 saturated carbocycles. The van der Waals surface area contributed by atoms with Crippen LogP contribution in [0.25, 0.3) is 6.08 Å². The third-order valence-electron chi connectivity index (χ3n) is 3.16. The van der Waals surface area contributed by atoms with Crippen LogP contribution >= 0.6 is 15.9 Å². The van der Waals surface area contributed by atoms with E-state index < -0.39 is 34.9 Å². The Balaban J connectivity index is 2.41. The lowest BCUT2D eigenvalue weighted by Gasteiger charge is -2.18. The number of hydrogen-bond acceptors (Lipinski definition) is 7. The maximum Gasteiger partial charge on any atom is 0.351 e. The Morgan fingerprint density at radius 3 is 2.82 bits per heavy atom. The number of hydrogen-bond donors (Lipinski definition) is 4. The molecule has 10 heteroatoms. The Kier molecular flexibility index (Phi) is 4.96. The van der Waals surface area contributed by atoms with Gasteiger partial charge in [0.2, 0.25) is 0 Å². The van der Waals surface area contributed by atoms with Crippen LogP contribution in [0.3, 0.4) is 0 Å². The van der Waals surface area contributed by atoms with Crippen LogP contribution < -0.4 is 11.4 Å². The van der Waals surface area contributed by atoms with Gasteiger partial charge < -0.3 is 25.8 Å². The number of alkyl halides is 1. The van der Waals surface area contributed by atoms with Crippen LogP contribution in [0.5, 0.6) is 0 Å². The maximum absolute atomic E-state index is 11.9. The van der Waals surface area contributed by atoms with Crippen molar-refractivity contribution in [3.05, 3.63) is 28.3 Å². The SMILES string of the molecule is Nc1nc(=O)n([C@@H]2O[C@H](CO)[C@H](Br)[C@H]2O)cc1C=CC(=O)O. The van der Waals surface area contributed by atoms with Gasteiger partial charge in [-0.05, 0) is 6.08 Å². The predicted octanol–water partition coefficient (Wildman–Crippen LogP) is -1.06. The molecule has 1 aliphatic heterocycles. The number of carboxylic acids is 1. The first kappa shape index (κ1) is 16.6. The zero-order valence-electron chi connectivity index (χ0n) is 11.2. The molecule has 1 fully saturated rings. The van der Waals surface area contributed by atoms with Crippen LogP contribution in [-0.4, -0.2) is 54.5 Å². The standard InChI is InChI=1S/C12H14BrN3O6/c13-8-6(4-17)22-11(9(8)20)16-3-5(1-2-7(18)19)10(14)15-12(16)21/h1-3,6,8-9,11,17,20H,4H2,(H,18,19)(H2,14,15,21)/t6-,8+,9-,11-/m1/s1. The van der Waals surface area contributed by atoms with E-state index in [2.05, 4.69) is 20.9 Å². The number of aliphatic hydroxyl groups is 2. The Labute approximate surface area is 132 Å². The number of ether oxygens (including phenoxy) is 1. The molecule has 4 atom stereocenters. The lowest BCUT2D eigenvalue weighted by atomic mass is 10.2. The summed E-state index contributed by atoms with van der Waals surface area (Å²) in [4.78, 5) is 25.5. The minimum Gasteiger partial charge on any atom is -0.478 e. The van der Waals surface area contributed by atoms with Crippen LogP contribution in [0.15, 0.2) is 17.1 Å². The summed E-state index contributed by atoms with van der Waals surface area (Å²) in [5.74, 6) is -1.32. The van der Waals surface area contributed by atoms with Gasteiger partial charge in [0.15, 0.2) is 6.23 Å². The number of aromatic nitrogens is 2. The average Bonchev–Trinajstić information content (AvgIpc) is 2.74. The highest BCUT2D eigenvalue weighted by Crippen LogP contribution is 2.33. The van der Waals surface area contributed by atoms with Crippen molar-refractivity contribution in [2.75, 3.05) is 12.3 Å². The van der Waals surface area contributed by atoms with Crippen molar-refractivity contribution in [1.82, 2.24) is 9.55 Å². The third kappa shape index (κ3) is 3.19. The third-order valence-corrected chi connectivity index (χ3v) is 4.29. The van der Waals surface area contributed by atoms with Gasteiger partial charge in [0.05, 0.1) is 17.5 Å². The van der Waals surface area contributed by atoms with Crippen molar-refractivity contribution < 1.29 is 24.9 Å². The number of halogens is 1. The monoisotopic (exact) mass is 375 g/mol. The predicted molar refractivity (Wildman–Crippen MR) is 79.3 cm³/mol. The molecule has 0 aliphatic carbocycles. The molecule has 2 heterocycles. The number of nitrogen functional groups attached to an aromatic ring is 1. The molecule has 0 spiro atoms. The van der Waals surface area contributed by atoms with Gasteiger partial charge in [0, 0.05) is 17.8 Å². The molecule has 5 N–H and O–H groups in total. The van der Waals surface area contributed by atoms with Crippen molar-refractivity contribution in [3.8, 4) is 0 Å². The summed E-state index contributed by atoms with van der Waals surface area (Å²) in [6.07, 6.45) is 0.408. The van der Waals surface area contributed by atoms with Crippen LogP contribution in [0.2, 0.25) is 0 Å². The zero-order chi connectivity index (χ0) is 16.4. The number of anilines is 1. The van der Waals surface area contributed by atoms with E-state index in [1.54, 1.807) is 0 Å². The van der Waals surface area contributed by atoms with Gasteiger partial charge in [0.1, 0.15) is 11.9 Å². The number of aliphatic carboxylic acids is 1. The van der Waals surface area contributed by atoms with E-state index in [4.69, 9.17) is 20.7 Å². The molecule has 1 aromatic heterocycles. The summed E-state index contributed by atoms with van der Waals surface area (Å²) in [6.45, 7) is -0.341. The Bertz CT molecular complexity index is 661. The van der Waals surface area contributed by atoms with Gasteiger partial charge in [-0.15, -0.1) is 0 Å². The first-order chi connectivity index (χ1) is 10.3. The Hall–Kier alpha value is -1.75. The molecule has 0 aromatic carbocycles. The van der Waals surface area contributed by atoms with Gasteiger partial charge >= 0.3 is 11.7 Å². The summed E-state index contributed by atoms with van der Waals surface area (Å²) in [6, 6.07) is 0. The molecular formula is C12H14BrN3O6. The molecule has 0 radical (unpaired) electrons.